The van der Waals surface area contributed by atoms with Gasteiger partial charge in [-0.3, -0.25) is 4.79 Å². The van der Waals surface area contributed by atoms with Gasteiger partial charge in [0.1, 0.15) is 11.5 Å². The normalized spacial score (nSPS) is 14.8. The van der Waals surface area contributed by atoms with E-state index in [1.807, 2.05) is 18.2 Å². The molecule has 17 heavy (non-hydrogen) atoms. The third-order valence-corrected chi connectivity index (χ3v) is 3.31. The smallest absolute Gasteiger partial charge is 0.168 e. The van der Waals surface area contributed by atoms with Gasteiger partial charge in [-0.25, -0.2) is 0 Å². The molecule has 0 spiro atoms. The van der Waals surface area contributed by atoms with Crippen LogP contribution in [-0.2, 0) is 6.42 Å². The van der Waals surface area contributed by atoms with Gasteiger partial charge in [0.15, 0.2) is 5.78 Å². The number of rotatable bonds is 1. The summed E-state index contributed by atoms with van der Waals surface area (Å²) < 4.78 is 5.24. The molecule has 0 unspecified atom stereocenters. The van der Waals surface area contributed by atoms with Crippen molar-refractivity contribution in [1.29, 1.82) is 0 Å². The fourth-order valence-corrected chi connectivity index (χ4v) is 2.38. The van der Waals surface area contributed by atoms with E-state index in [-0.39, 0.29) is 5.78 Å². The number of ketones is 1. The first-order valence-corrected chi connectivity index (χ1v) is 5.92. The quantitative estimate of drug-likeness (QED) is 0.774. The number of fused-ring (bicyclic) bond motifs is 1. The first-order chi connectivity index (χ1) is 8.27. The van der Waals surface area contributed by atoms with Crippen LogP contribution in [0, 0.1) is 0 Å². The van der Waals surface area contributed by atoms with Crippen molar-refractivity contribution in [2.45, 2.75) is 19.3 Å². The number of Topliss-reactive ketones (excluding diaryl/α,β-unsaturated/α-hetero) is 1. The highest BCUT2D eigenvalue weighted by atomic mass is 35.5. The van der Waals surface area contributed by atoms with E-state index in [2.05, 4.69) is 5.16 Å². The molecule has 0 N–H and O–H groups in total. The van der Waals surface area contributed by atoms with Gasteiger partial charge in [0, 0.05) is 18.4 Å². The third-order valence-electron chi connectivity index (χ3n) is 2.98. The van der Waals surface area contributed by atoms with Crippen LogP contribution >= 0.6 is 11.6 Å². The first-order valence-electron chi connectivity index (χ1n) is 5.54. The monoisotopic (exact) mass is 247 g/mol. The molecule has 1 heterocycles. The Labute approximate surface area is 103 Å². The Bertz CT molecular complexity index is 589. The minimum Gasteiger partial charge on any atom is -0.360 e. The molecule has 1 aliphatic rings. The van der Waals surface area contributed by atoms with Crippen molar-refractivity contribution < 1.29 is 9.32 Å². The Balaban J connectivity index is 2.20. The molecule has 3 rings (SSSR count). The number of carbonyl (C=O) groups excluding carboxylic acids is 1. The minimum atomic E-state index is 0.0995. The van der Waals surface area contributed by atoms with Crippen LogP contribution < -0.4 is 0 Å². The van der Waals surface area contributed by atoms with Crippen LogP contribution in [0.3, 0.4) is 0 Å². The van der Waals surface area contributed by atoms with Gasteiger partial charge in [0.25, 0.3) is 0 Å². The van der Waals surface area contributed by atoms with Crippen molar-refractivity contribution in [1.82, 2.24) is 5.16 Å². The lowest BCUT2D eigenvalue weighted by atomic mass is 9.93. The summed E-state index contributed by atoms with van der Waals surface area (Å²) >= 11 is 6.11. The van der Waals surface area contributed by atoms with E-state index in [0.717, 1.165) is 18.4 Å². The van der Waals surface area contributed by atoms with E-state index >= 15 is 0 Å². The summed E-state index contributed by atoms with van der Waals surface area (Å²) in [5.41, 5.74) is 1.95. The highest BCUT2D eigenvalue weighted by Gasteiger charge is 2.27. The molecule has 3 nitrogen and oxygen atoms in total. The van der Waals surface area contributed by atoms with Crippen LogP contribution in [0.5, 0.6) is 0 Å². The minimum absolute atomic E-state index is 0.0995. The zero-order valence-corrected chi connectivity index (χ0v) is 9.83. The molecule has 4 heteroatoms. The molecule has 0 radical (unpaired) electrons. The Morgan fingerprint density at radius 1 is 1.24 bits per heavy atom. The molecule has 0 bridgehead atoms. The predicted molar refractivity (Wildman–Crippen MR) is 64.2 cm³/mol. The van der Waals surface area contributed by atoms with Gasteiger partial charge in [-0.2, -0.15) is 0 Å². The molecular weight excluding hydrogens is 238 g/mol. The first kappa shape index (κ1) is 10.5. The molecule has 1 aromatic heterocycles. The number of halogens is 1. The Kier molecular flexibility index (Phi) is 2.48. The van der Waals surface area contributed by atoms with Crippen LogP contribution in [0.1, 0.15) is 29.0 Å². The summed E-state index contributed by atoms with van der Waals surface area (Å²) in [5, 5.41) is 4.58. The van der Waals surface area contributed by atoms with Crippen molar-refractivity contribution >= 4 is 17.4 Å². The van der Waals surface area contributed by atoms with E-state index in [9.17, 15) is 4.79 Å². The lowest BCUT2D eigenvalue weighted by Gasteiger charge is -2.08. The molecule has 86 valence electrons. The van der Waals surface area contributed by atoms with Crippen molar-refractivity contribution in [3.8, 4) is 11.3 Å². The van der Waals surface area contributed by atoms with E-state index < -0.39 is 0 Å². The summed E-state index contributed by atoms with van der Waals surface area (Å²) in [7, 11) is 0. The van der Waals surface area contributed by atoms with Crippen molar-refractivity contribution in [2.75, 3.05) is 0 Å². The number of nitrogens with zero attached hydrogens (tertiary/aromatic N) is 1. The Morgan fingerprint density at radius 3 is 2.88 bits per heavy atom. The summed E-state index contributed by atoms with van der Waals surface area (Å²) in [4.78, 5) is 11.9. The van der Waals surface area contributed by atoms with Gasteiger partial charge < -0.3 is 4.52 Å². The van der Waals surface area contributed by atoms with Gasteiger partial charge in [-0.15, -0.1) is 0 Å². The van der Waals surface area contributed by atoms with Gasteiger partial charge in [-0.1, -0.05) is 35.0 Å². The lowest BCUT2D eigenvalue weighted by molar-refractivity contribution is 0.0969. The van der Waals surface area contributed by atoms with Crippen LogP contribution in [0.4, 0.5) is 0 Å². The van der Waals surface area contributed by atoms with Crippen molar-refractivity contribution in [3.05, 3.63) is 40.6 Å². The second-order valence-corrected chi connectivity index (χ2v) is 4.49. The maximum absolute atomic E-state index is 11.9. The predicted octanol–water partition coefficient (Wildman–Crippen LogP) is 3.51. The zero-order valence-electron chi connectivity index (χ0n) is 9.07. The second kappa shape index (κ2) is 4.00. The van der Waals surface area contributed by atoms with Gasteiger partial charge in [0.05, 0.1) is 10.6 Å². The molecule has 0 fully saturated rings. The molecule has 0 aliphatic heterocycles. The summed E-state index contributed by atoms with van der Waals surface area (Å²) in [6, 6.07) is 7.35. The second-order valence-electron chi connectivity index (χ2n) is 4.09. The topological polar surface area (TPSA) is 43.1 Å². The summed E-state index contributed by atoms with van der Waals surface area (Å²) in [5.74, 6) is 0.790. The standard InChI is InChI=1S/C13H10ClNO2/c14-9-5-2-1-4-8(9)13-12-10(16)6-3-7-11(12)17-15-13/h1-2,4-5H,3,6-7H2. The van der Waals surface area contributed by atoms with Crippen LogP contribution in [0.15, 0.2) is 28.8 Å². The molecule has 1 aliphatic carbocycles. The number of carbonyl (C=O) groups is 1. The zero-order chi connectivity index (χ0) is 11.8. The van der Waals surface area contributed by atoms with E-state index in [4.69, 9.17) is 16.1 Å². The van der Waals surface area contributed by atoms with E-state index in [0.29, 0.717) is 28.5 Å². The number of aromatic nitrogens is 1. The van der Waals surface area contributed by atoms with Gasteiger partial charge >= 0.3 is 0 Å². The van der Waals surface area contributed by atoms with Gasteiger partial charge in [-0.05, 0) is 12.5 Å². The molecule has 0 saturated carbocycles. The SMILES string of the molecule is O=C1CCCc2onc(-c3ccccc3Cl)c21. The number of hydrogen-bond donors (Lipinski definition) is 0. The molecular formula is C13H10ClNO2. The maximum Gasteiger partial charge on any atom is 0.168 e. The molecule has 0 atom stereocenters. The molecule has 0 amide bonds. The highest BCUT2D eigenvalue weighted by Crippen LogP contribution is 2.34. The van der Waals surface area contributed by atoms with Crippen LogP contribution in [0.25, 0.3) is 11.3 Å². The highest BCUT2D eigenvalue weighted by molar-refractivity contribution is 6.33. The molecule has 0 saturated heterocycles. The van der Waals surface area contributed by atoms with Crippen molar-refractivity contribution in [3.63, 3.8) is 0 Å². The molecule has 2 aromatic rings. The number of aryl methyl sites for hydroxylation is 1. The number of benzene rings is 1. The van der Waals surface area contributed by atoms with Crippen LogP contribution in [-0.4, -0.2) is 10.9 Å². The van der Waals surface area contributed by atoms with Crippen molar-refractivity contribution in [2.24, 2.45) is 0 Å². The van der Waals surface area contributed by atoms with Crippen LogP contribution in [0.2, 0.25) is 5.02 Å². The largest absolute Gasteiger partial charge is 0.360 e. The Hall–Kier alpha value is -1.61. The lowest BCUT2D eigenvalue weighted by Crippen LogP contribution is -2.09. The maximum atomic E-state index is 11.9. The average molecular weight is 248 g/mol. The van der Waals surface area contributed by atoms with Gasteiger partial charge in [0.2, 0.25) is 0 Å². The average Bonchev–Trinajstić information content (AvgIpc) is 2.75. The fourth-order valence-electron chi connectivity index (χ4n) is 2.15. The van der Waals surface area contributed by atoms with E-state index in [1.54, 1.807) is 6.07 Å². The summed E-state index contributed by atoms with van der Waals surface area (Å²) in [6.07, 6.45) is 2.17. The number of hydrogen-bond acceptors (Lipinski definition) is 3. The Morgan fingerprint density at radius 2 is 2.06 bits per heavy atom. The fraction of sp³-hybridized carbons (Fsp3) is 0.231. The van der Waals surface area contributed by atoms with E-state index in [1.165, 1.54) is 0 Å². The third kappa shape index (κ3) is 1.67. The summed E-state index contributed by atoms with van der Waals surface area (Å²) in [6.45, 7) is 0. The molecule has 1 aromatic carbocycles.